The number of carbonyl (C=O) groups is 2. The molecule has 1 amide bonds. The third-order valence-corrected chi connectivity index (χ3v) is 1.94. The summed E-state index contributed by atoms with van der Waals surface area (Å²) in [7, 11) is 0. The van der Waals surface area contributed by atoms with E-state index in [0.29, 0.717) is 5.56 Å². The topological polar surface area (TPSA) is 46.2 Å². The molecule has 0 radical (unpaired) electrons. The molecule has 3 heteroatoms. The van der Waals surface area contributed by atoms with Crippen LogP contribution in [0.25, 0.3) is 0 Å². The number of nitrogens with one attached hydrogen (secondary N) is 1. The number of benzene rings is 1. The van der Waals surface area contributed by atoms with Crippen molar-refractivity contribution >= 4 is 11.7 Å². The van der Waals surface area contributed by atoms with Crippen LogP contribution in [0, 0.1) is 0 Å². The number of amides is 1. The molecule has 0 aromatic heterocycles. The van der Waals surface area contributed by atoms with E-state index >= 15 is 0 Å². The van der Waals surface area contributed by atoms with Crippen LogP contribution in [0.1, 0.15) is 24.2 Å². The van der Waals surface area contributed by atoms with Crippen molar-refractivity contribution in [3.63, 3.8) is 0 Å². The molecule has 1 aromatic carbocycles. The third-order valence-electron chi connectivity index (χ3n) is 1.94. The first-order valence-corrected chi connectivity index (χ1v) is 5.10. The molecular formula is C13H15NO2. The Balaban J connectivity index is 2.48. The molecule has 84 valence electrons. The minimum atomic E-state index is -0.232. The zero-order valence-corrected chi connectivity index (χ0v) is 9.49. The molecule has 0 saturated heterocycles. The van der Waals surface area contributed by atoms with Gasteiger partial charge >= 0.3 is 0 Å². The van der Waals surface area contributed by atoms with E-state index in [4.69, 9.17) is 0 Å². The Morgan fingerprint density at radius 2 is 1.81 bits per heavy atom. The van der Waals surface area contributed by atoms with Gasteiger partial charge in [-0.1, -0.05) is 35.9 Å². The van der Waals surface area contributed by atoms with Gasteiger partial charge in [-0.15, -0.1) is 0 Å². The third kappa shape index (κ3) is 4.09. The molecule has 0 aliphatic rings. The molecule has 0 bridgehead atoms. The highest BCUT2D eigenvalue weighted by molar-refractivity contribution is 6.00. The lowest BCUT2D eigenvalue weighted by molar-refractivity contribution is -0.116. The summed E-state index contributed by atoms with van der Waals surface area (Å²) in [5.41, 5.74) is 1.52. The lowest BCUT2D eigenvalue weighted by atomic mass is 10.1. The Morgan fingerprint density at radius 3 is 2.38 bits per heavy atom. The minimum Gasteiger partial charge on any atom is -0.345 e. The summed E-state index contributed by atoms with van der Waals surface area (Å²) in [5, 5.41) is 2.55. The van der Waals surface area contributed by atoms with Crippen molar-refractivity contribution in [2.45, 2.75) is 13.8 Å². The lowest BCUT2D eigenvalue weighted by Crippen LogP contribution is -2.28. The van der Waals surface area contributed by atoms with Gasteiger partial charge in [0.1, 0.15) is 0 Å². The van der Waals surface area contributed by atoms with E-state index in [2.05, 4.69) is 5.32 Å². The number of rotatable bonds is 4. The van der Waals surface area contributed by atoms with Crippen LogP contribution in [0.3, 0.4) is 0 Å². The molecule has 1 N–H and O–H groups in total. The van der Waals surface area contributed by atoms with Crippen molar-refractivity contribution in [3.8, 4) is 0 Å². The molecule has 0 aliphatic heterocycles. The molecule has 0 atom stereocenters. The Bertz CT molecular complexity index is 403. The van der Waals surface area contributed by atoms with E-state index in [1.165, 1.54) is 6.08 Å². The average Bonchev–Trinajstić information content (AvgIpc) is 2.26. The molecule has 0 heterocycles. The van der Waals surface area contributed by atoms with Gasteiger partial charge in [-0.2, -0.15) is 0 Å². The van der Waals surface area contributed by atoms with Gasteiger partial charge in [-0.05, 0) is 13.8 Å². The summed E-state index contributed by atoms with van der Waals surface area (Å²) in [4.78, 5) is 22.8. The molecule has 0 unspecified atom stereocenters. The van der Waals surface area contributed by atoms with E-state index in [-0.39, 0.29) is 18.2 Å². The highest BCUT2D eigenvalue weighted by Gasteiger charge is 2.05. The van der Waals surface area contributed by atoms with Crippen LogP contribution in [-0.2, 0) is 4.79 Å². The average molecular weight is 217 g/mol. The molecule has 0 aliphatic carbocycles. The van der Waals surface area contributed by atoms with Gasteiger partial charge in [0.2, 0.25) is 5.91 Å². The second kappa shape index (κ2) is 5.85. The van der Waals surface area contributed by atoms with E-state index in [1.807, 2.05) is 19.9 Å². The fourth-order valence-electron chi connectivity index (χ4n) is 1.21. The summed E-state index contributed by atoms with van der Waals surface area (Å²) in [6.07, 6.45) is 1.47. The molecular weight excluding hydrogens is 202 g/mol. The SMILES string of the molecule is CC(C)=CC(=O)NCC(=O)c1ccccc1. The van der Waals surface area contributed by atoms with Gasteiger partial charge in [-0.3, -0.25) is 9.59 Å². The monoisotopic (exact) mass is 217 g/mol. The molecule has 16 heavy (non-hydrogen) atoms. The molecule has 0 fully saturated rings. The largest absolute Gasteiger partial charge is 0.345 e. The Kier molecular flexibility index (Phi) is 4.45. The fraction of sp³-hybridized carbons (Fsp3) is 0.231. The second-order valence-corrected chi connectivity index (χ2v) is 3.73. The Morgan fingerprint density at radius 1 is 1.19 bits per heavy atom. The van der Waals surface area contributed by atoms with Crippen LogP contribution >= 0.6 is 0 Å². The summed E-state index contributed by atoms with van der Waals surface area (Å²) in [6, 6.07) is 8.90. The van der Waals surface area contributed by atoms with Gasteiger partial charge in [0.25, 0.3) is 0 Å². The van der Waals surface area contributed by atoms with Crippen LogP contribution < -0.4 is 5.32 Å². The maximum atomic E-state index is 11.6. The standard InChI is InChI=1S/C13H15NO2/c1-10(2)8-13(16)14-9-12(15)11-6-4-3-5-7-11/h3-8H,9H2,1-2H3,(H,14,16). The number of hydrogen-bond donors (Lipinski definition) is 1. The van der Waals surface area contributed by atoms with E-state index < -0.39 is 0 Å². The van der Waals surface area contributed by atoms with Crippen molar-refractivity contribution in [2.75, 3.05) is 6.54 Å². The maximum Gasteiger partial charge on any atom is 0.244 e. The van der Waals surface area contributed by atoms with Gasteiger partial charge in [0.15, 0.2) is 5.78 Å². The summed E-state index contributed by atoms with van der Waals surface area (Å²) >= 11 is 0. The second-order valence-electron chi connectivity index (χ2n) is 3.73. The predicted molar refractivity (Wildman–Crippen MR) is 63.2 cm³/mol. The number of hydrogen-bond acceptors (Lipinski definition) is 2. The van der Waals surface area contributed by atoms with Crippen molar-refractivity contribution < 1.29 is 9.59 Å². The van der Waals surface area contributed by atoms with Gasteiger partial charge in [-0.25, -0.2) is 0 Å². The highest BCUT2D eigenvalue weighted by Crippen LogP contribution is 1.98. The molecule has 0 spiro atoms. The predicted octanol–water partition coefficient (Wildman–Crippen LogP) is 1.95. The molecule has 0 saturated carbocycles. The molecule has 3 nitrogen and oxygen atoms in total. The summed E-state index contributed by atoms with van der Waals surface area (Å²) in [5.74, 6) is -0.319. The van der Waals surface area contributed by atoms with Gasteiger partial charge in [0, 0.05) is 11.6 Å². The van der Waals surface area contributed by atoms with Gasteiger partial charge < -0.3 is 5.32 Å². The number of ketones is 1. The Labute approximate surface area is 95.2 Å². The van der Waals surface area contributed by atoms with Crippen molar-refractivity contribution in [3.05, 3.63) is 47.5 Å². The van der Waals surface area contributed by atoms with Crippen molar-refractivity contribution in [1.29, 1.82) is 0 Å². The summed E-state index contributed by atoms with van der Waals surface area (Å²) in [6.45, 7) is 3.70. The first-order valence-electron chi connectivity index (χ1n) is 5.10. The smallest absolute Gasteiger partial charge is 0.244 e. The molecule has 1 aromatic rings. The van der Waals surface area contributed by atoms with Crippen LogP contribution in [-0.4, -0.2) is 18.2 Å². The number of allylic oxidation sites excluding steroid dienone is 1. The fourth-order valence-corrected chi connectivity index (χ4v) is 1.21. The molecule has 1 rings (SSSR count). The van der Waals surface area contributed by atoms with Crippen molar-refractivity contribution in [2.24, 2.45) is 0 Å². The van der Waals surface area contributed by atoms with Crippen LogP contribution in [0.2, 0.25) is 0 Å². The highest BCUT2D eigenvalue weighted by atomic mass is 16.2. The van der Waals surface area contributed by atoms with Crippen LogP contribution in [0.4, 0.5) is 0 Å². The maximum absolute atomic E-state index is 11.6. The first-order chi connectivity index (χ1) is 7.59. The van der Waals surface area contributed by atoms with E-state index in [0.717, 1.165) is 5.57 Å². The first kappa shape index (κ1) is 12.2. The van der Waals surface area contributed by atoms with Crippen molar-refractivity contribution in [1.82, 2.24) is 5.32 Å². The van der Waals surface area contributed by atoms with Gasteiger partial charge in [0.05, 0.1) is 6.54 Å². The lowest BCUT2D eigenvalue weighted by Gasteiger charge is -2.02. The number of carbonyl (C=O) groups excluding carboxylic acids is 2. The zero-order valence-electron chi connectivity index (χ0n) is 9.49. The Hall–Kier alpha value is -1.90. The van der Waals surface area contributed by atoms with Crippen LogP contribution in [0.5, 0.6) is 0 Å². The zero-order chi connectivity index (χ0) is 12.0. The van der Waals surface area contributed by atoms with Crippen LogP contribution in [0.15, 0.2) is 42.0 Å². The van der Waals surface area contributed by atoms with E-state index in [1.54, 1.807) is 24.3 Å². The van der Waals surface area contributed by atoms with E-state index in [9.17, 15) is 9.59 Å². The normalized spacial score (nSPS) is 9.38. The quantitative estimate of drug-likeness (QED) is 0.619. The summed E-state index contributed by atoms with van der Waals surface area (Å²) < 4.78 is 0. The minimum absolute atomic E-state index is 0.0344. The number of Topliss-reactive ketones (excluding diaryl/α,β-unsaturated/α-hetero) is 1.